The standard InChI is InChI=1S/C62H109N2O6P/c1-6-8-10-12-14-16-18-19-20-21-22-23-24-25-26-27-28-29-30-31-32-33-34-35-36-37-38-39-40-41-42-43-44-45-46-48-50-52-54-56-62(66)63-60(59-70-71(67,68)69-58-57-64(3,4)5)61(65)55-53-51-49-47-17-15-13-11-9-7-2/h8-11,14,16-17,19-20,22-23,25-26,28-29,47,53,55,60-61,65H,6-7,12-13,15,18,21,24,27,30-46,48-52,54,56-59H2,1-5H3,(H-,63,66,67,68)/b10-8-,11-9+,16-14-,20-19-,23-22-,26-25-,29-28-,47-17+,55-53+. The van der Waals surface area contributed by atoms with Gasteiger partial charge in [0.15, 0.2) is 0 Å². The Balaban J connectivity index is 3.91. The van der Waals surface area contributed by atoms with Gasteiger partial charge in [0.05, 0.1) is 39.9 Å². The molecule has 0 aliphatic carbocycles. The van der Waals surface area contributed by atoms with E-state index in [1.807, 2.05) is 27.2 Å². The van der Waals surface area contributed by atoms with Gasteiger partial charge in [0.2, 0.25) is 5.91 Å². The van der Waals surface area contributed by atoms with Crippen LogP contribution >= 0.6 is 7.82 Å². The van der Waals surface area contributed by atoms with Crippen LogP contribution in [0.25, 0.3) is 0 Å². The van der Waals surface area contributed by atoms with E-state index in [1.165, 1.54) is 116 Å². The van der Waals surface area contributed by atoms with E-state index in [9.17, 15) is 19.4 Å². The Hall–Kier alpha value is -2.84. The third kappa shape index (κ3) is 54.8. The SMILES string of the molecule is CC/C=C\C/C=C\C/C=C\C/C=C\C/C=C\C/C=C\CCCCCCCCCCCCCCCCCCCCCCC(=O)NC(COP(=O)([O-])OCC[N+](C)(C)C)C(O)/C=C/CC/C=C/CC/C=C/CC. The highest BCUT2D eigenvalue weighted by Crippen LogP contribution is 2.38. The van der Waals surface area contributed by atoms with Crippen molar-refractivity contribution in [2.45, 2.75) is 238 Å². The molecule has 0 radical (unpaired) electrons. The maximum atomic E-state index is 12.9. The zero-order chi connectivity index (χ0) is 52.0. The zero-order valence-electron chi connectivity index (χ0n) is 46.4. The summed E-state index contributed by atoms with van der Waals surface area (Å²) in [5.74, 6) is -0.215. The number of quaternary nitrogens is 1. The van der Waals surface area contributed by atoms with E-state index in [0.29, 0.717) is 17.4 Å². The second-order valence-electron chi connectivity index (χ2n) is 20.2. The molecule has 3 atom stereocenters. The fourth-order valence-electron chi connectivity index (χ4n) is 7.78. The lowest BCUT2D eigenvalue weighted by molar-refractivity contribution is -0.870. The minimum atomic E-state index is -4.60. The van der Waals surface area contributed by atoms with E-state index >= 15 is 0 Å². The molecule has 9 heteroatoms. The summed E-state index contributed by atoms with van der Waals surface area (Å²) in [6, 6.07) is -0.912. The van der Waals surface area contributed by atoms with Gasteiger partial charge in [-0.3, -0.25) is 9.36 Å². The molecule has 0 rings (SSSR count). The van der Waals surface area contributed by atoms with Crippen molar-refractivity contribution in [2.75, 3.05) is 40.9 Å². The first kappa shape index (κ1) is 68.2. The van der Waals surface area contributed by atoms with Crippen LogP contribution in [0.15, 0.2) is 109 Å². The van der Waals surface area contributed by atoms with Gasteiger partial charge in [-0.2, -0.15) is 0 Å². The van der Waals surface area contributed by atoms with Crippen LogP contribution in [0.5, 0.6) is 0 Å². The maximum Gasteiger partial charge on any atom is 0.268 e. The molecule has 0 aromatic heterocycles. The van der Waals surface area contributed by atoms with Crippen molar-refractivity contribution in [1.82, 2.24) is 5.32 Å². The van der Waals surface area contributed by atoms with Crippen LogP contribution in [0.4, 0.5) is 0 Å². The van der Waals surface area contributed by atoms with Crippen molar-refractivity contribution in [3.63, 3.8) is 0 Å². The van der Waals surface area contributed by atoms with Gasteiger partial charge in [-0.15, -0.1) is 0 Å². The third-order valence-electron chi connectivity index (χ3n) is 12.2. The average molecular weight is 1010 g/mol. The summed E-state index contributed by atoms with van der Waals surface area (Å²) in [6.45, 7) is 4.37. The van der Waals surface area contributed by atoms with Crippen molar-refractivity contribution in [3.8, 4) is 0 Å². The molecule has 0 spiro atoms. The molecule has 0 aromatic carbocycles. The molecule has 0 aromatic rings. The van der Waals surface area contributed by atoms with Crippen molar-refractivity contribution in [1.29, 1.82) is 0 Å². The molecule has 8 nitrogen and oxygen atoms in total. The number of carbonyl (C=O) groups excluding carboxylic acids is 1. The summed E-state index contributed by atoms with van der Waals surface area (Å²) < 4.78 is 23.2. The second kappa shape index (κ2) is 52.0. The molecule has 0 bridgehead atoms. The predicted octanol–water partition coefficient (Wildman–Crippen LogP) is 17.0. The molecular weight excluding hydrogens is 900 g/mol. The molecule has 2 N–H and O–H groups in total. The van der Waals surface area contributed by atoms with Crippen molar-refractivity contribution in [2.24, 2.45) is 0 Å². The van der Waals surface area contributed by atoms with E-state index in [-0.39, 0.29) is 12.5 Å². The first-order chi connectivity index (χ1) is 34.5. The monoisotopic (exact) mass is 1010 g/mol. The van der Waals surface area contributed by atoms with Gasteiger partial charge in [-0.25, -0.2) is 0 Å². The van der Waals surface area contributed by atoms with Crippen LogP contribution < -0.4 is 10.2 Å². The van der Waals surface area contributed by atoms with Crippen molar-refractivity contribution >= 4 is 13.7 Å². The number of nitrogens with zero attached hydrogens (tertiary/aromatic N) is 1. The number of likely N-dealkylation sites (N-methyl/N-ethyl adjacent to an activating group) is 1. The number of aliphatic hydroxyl groups excluding tert-OH is 1. The first-order valence-corrected chi connectivity index (χ1v) is 30.2. The molecular formula is C62H109N2O6P. The van der Waals surface area contributed by atoms with E-state index in [4.69, 9.17) is 9.05 Å². The quantitative estimate of drug-likeness (QED) is 0.0272. The predicted molar refractivity (Wildman–Crippen MR) is 306 cm³/mol. The lowest BCUT2D eigenvalue weighted by Crippen LogP contribution is -2.45. The highest BCUT2D eigenvalue weighted by Gasteiger charge is 2.23. The van der Waals surface area contributed by atoms with Gasteiger partial charge in [-0.05, 0) is 89.9 Å². The molecule has 1 amide bonds. The zero-order valence-corrected chi connectivity index (χ0v) is 47.3. The largest absolute Gasteiger partial charge is 0.756 e. The molecule has 0 saturated carbocycles. The summed E-state index contributed by atoms with van der Waals surface area (Å²) in [7, 11) is 1.23. The topological polar surface area (TPSA) is 108 Å². The van der Waals surface area contributed by atoms with Crippen LogP contribution in [0.1, 0.15) is 226 Å². The summed E-state index contributed by atoms with van der Waals surface area (Å²) in [6.07, 6.45) is 76.4. The first-order valence-electron chi connectivity index (χ1n) is 28.7. The van der Waals surface area contributed by atoms with E-state index < -0.39 is 26.6 Å². The third-order valence-corrected chi connectivity index (χ3v) is 13.2. The number of nitrogens with one attached hydrogen (secondary N) is 1. The Labute approximate surface area is 438 Å². The maximum absolute atomic E-state index is 12.9. The number of aliphatic hydroxyl groups is 1. The van der Waals surface area contributed by atoms with Crippen molar-refractivity contribution in [3.05, 3.63) is 109 Å². The molecule has 0 aliphatic rings. The number of hydrogen-bond acceptors (Lipinski definition) is 6. The Morgan fingerprint density at radius 3 is 1.25 bits per heavy atom. The fraction of sp³-hybridized carbons (Fsp3) is 0.694. The van der Waals surface area contributed by atoms with Crippen molar-refractivity contribution < 1.29 is 32.9 Å². The lowest BCUT2D eigenvalue weighted by Gasteiger charge is -2.29. The van der Waals surface area contributed by atoms with Gasteiger partial charge in [-0.1, -0.05) is 239 Å². The minimum Gasteiger partial charge on any atom is -0.756 e. The molecule has 3 unspecified atom stereocenters. The lowest BCUT2D eigenvalue weighted by atomic mass is 10.0. The van der Waals surface area contributed by atoms with Gasteiger partial charge in [0.25, 0.3) is 7.82 Å². The molecule has 0 heterocycles. The number of phosphoric ester groups is 1. The van der Waals surface area contributed by atoms with Crippen LogP contribution in [-0.2, 0) is 18.4 Å². The van der Waals surface area contributed by atoms with E-state index in [0.717, 1.165) is 89.9 Å². The van der Waals surface area contributed by atoms with Crippen LogP contribution in [0.3, 0.4) is 0 Å². The number of phosphoric acid groups is 1. The summed E-state index contributed by atoms with van der Waals surface area (Å²) in [5.41, 5.74) is 0. The summed E-state index contributed by atoms with van der Waals surface area (Å²) in [4.78, 5) is 25.4. The van der Waals surface area contributed by atoms with E-state index in [2.05, 4.69) is 116 Å². The van der Waals surface area contributed by atoms with Gasteiger partial charge < -0.3 is 28.8 Å². The van der Waals surface area contributed by atoms with Gasteiger partial charge in [0, 0.05) is 6.42 Å². The van der Waals surface area contributed by atoms with Crippen LogP contribution in [0, 0.1) is 0 Å². The normalized spacial score (nSPS) is 14.7. The smallest absolute Gasteiger partial charge is 0.268 e. The molecule has 408 valence electrons. The van der Waals surface area contributed by atoms with Gasteiger partial charge in [0.1, 0.15) is 13.2 Å². The minimum absolute atomic E-state index is 0.0121. The van der Waals surface area contributed by atoms with Crippen LogP contribution in [-0.4, -0.2) is 68.5 Å². The molecule has 0 fully saturated rings. The highest BCUT2D eigenvalue weighted by atomic mass is 31.2. The van der Waals surface area contributed by atoms with Crippen LogP contribution in [0.2, 0.25) is 0 Å². The van der Waals surface area contributed by atoms with Gasteiger partial charge >= 0.3 is 0 Å². The number of allylic oxidation sites excluding steroid dienone is 17. The molecule has 0 saturated heterocycles. The Bertz CT molecular complexity index is 1520. The Morgan fingerprint density at radius 2 is 0.831 bits per heavy atom. The Morgan fingerprint density at radius 1 is 0.493 bits per heavy atom. The molecule has 0 aliphatic heterocycles. The highest BCUT2D eigenvalue weighted by molar-refractivity contribution is 7.45. The van der Waals surface area contributed by atoms with E-state index in [1.54, 1.807) is 6.08 Å². The second-order valence-corrected chi connectivity index (χ2v) is 21.6. The number of rotatable bonds is 51. The molecule has 71 heavy (non-hydrogen) atoms. The number of amides is 1. The summed E-state index contributed by atoms with van der Waals surface area (Å²) in [5, 5.41) is 13.7. The average Bonchev–Trinajstić information content (AvgIpc) is 3.33. The summed E-state index contributed by atoms with van der Waals surface area (Å²) >= 11 is 0. The fourth-order valence-corrected chi connectivity index (χ4v) is 8.51. The number of hydrogen-bond donors (Lipinski definition) is 2. The Kier molecular flexibility index (Phi) is 50.0. The number of unbranched alkanes of at least 4 members (excludes halogenated alkanes) is 22. The number of carbonyl (C=O) groups is 1.